The molecule has 0 saturated heterocycles. The summed E-state index contributed by atoms with van der Waals surface area (Å²) in [6.45, 7) is 0. The molecule has 0 nitrogen and oxygen atoms in total. The number of halogens is 3. The molecule has 0 radical (unpaired) electrons. The van der Waals surface area contributed by atoms with Gasteiger partial charge < -0.3 is 0 Å². The van der Waals surface area contributed by atoms with E-state index >= 15 is 0 Å². The molecule has 5 aromatic carbocycles. The second-order valence-corrected chi connectivity index (χ2v) is 8.05. The Morgan fingerprint density at radius 1 is 0.485 bits per heavy atom. The van der Waals surface area contributed by atoms with E-state index in [1.54, 1.807) is 12.1 Å². The maximum Gasteiger partial charge on any atom is 0.417 e. The van der Waals surface area contributed by atoms with Gasteiger partial charge in [0.05, 0.1) is 5.56 Å². The lowest BCUT2D eigenvalue weighted by molar-refractivity contribution is -0.137. The zero-order valence-corrected chi connectivity index (χ0v) is 17.8. The van der Waals surface area contributed by atoms with Gasteiger partial charge >= 0.3 is 6.18 Å². The Morgan fingerprint density at radius 3 is 1.67 bits per heavy atom. The Morgan fingerprint density at radius 2 is 1.03 bits per heavy atom. The molecule has 0 amide bonds. The third-order valence-electron chi connectivity index (χ3n) is 6.05. The van der Waals surface area contributed by atoms with Gasteiger partial charge in [-0.15, -0.1) is 0 Å². The number of fused-ring (bicyclic) bond motifs is 1. The highest BCUT2D eigenvalue weighted by Gasteiger charge is 2.34. The van der Waals surface area contributed by atoms with Gasteiger partial charge in [-0.25, -0.2) is 0 Å². The van der Waals surface area contributed by atoms with Crippen LogP contribution in [0.3, 0.4) is 0 Å². The van der Waals surface area contributed by atoms with Gasteiger partial charge in [0.15, 0.2) is 0 Å². The molecule has 0 aliphatic heterocycles. The molecular weight excluding hydrogens is 417 g/mol. The molecule has 0 fully saturated rings. The second-order valence-electron chi connectivity index (χ2n) is 8.05. The van der Waals surface area contributed by atoms with E-state index in [0.717, 1.165) is 33.5 Å². The van der Waals surface area contributed by atoms with Crippen molar-refractivity contribution in [3.8, 4) is 11.1 Å². The molecule has 0 atom stereocenters. The summed E-state index contributed by atoms with van der Waals surface area (Å²) in [6.07, 6.45) is -4.45. The Bertz CT molecular complexity index is 1350. The van der Waals surface area contributed by atoms with E-state index in [9.17, 15) is 13.2 Å². The monoisotopic (exact) mass is 438 g/mol. The van der Waals surface area contributed by atoms with Crippen LogP contribution < -0.4 is 0 Å². The van der Waals surface area contributed by atoms with Gasteiger partial charge in [-0.1, -0.05) is 115 Å². The molecule has 0 unspecified atom stereocenters. The highest BCUT2D eigenvalue weighted by molar-refractivity contribution is 5.94. The fourth-order valence-electron chi connectivity index (χ4n) is 4.62. The van der Waals surface area contributed by atoms with Crippen molar-refractivity contribution in [2.45, 2.75) is 12.1 Å². The van der Waals surface area contributed by atoms with Crippen LogP contribution in [0.5, 0.6) is 0 Å². The van der Waals surface area contributed by atoms with Crippen LogP contribution >= 0.6 is 0 Å². The van der Waals surface area contributed by atoms with E-state index < -0.39 is 11.7 Å². The minimum Gasteiger partial charge on any atom is -0.166 e. The van der Waals surface area contributed by atoms with E-state index in [2.05, 4.69) is 0 Å². The van der Waals surface area contributed by atoms with E-state index in [-0.39, 0.29) is 11.5 Å². The van der Waals surface area contributed by atoms with Gasteiger partial charge in [0, 0.05) is 5.92 Å². The van der Waals surface area contributed by atoms with Crippen LogP contribution in [-0.4, -0.2) is 0 Å². The van der Waals surface area contributed by atoms with Gasteiger partial charge in [-0.3, -0.25) is 0 Å². The first-order chi connectivity index (χ1) is 16.0. The zero-order valence-electron chi connectivity index (χ0n) is 17.8. The number of hydrogen-bond acceptors (Lipinski definition) is 0. The number of hydrogen-bond donors (Lipinski definition) is 0. The average molecular weight is 438 g/mol. The maximum absolute atomic E-state index is 14.0. The van der Waals surface area contributed by atoms with E-state index in [0.29, 0.717) is 5.56 Å². The summed E-state index contributed by atoms with van der Waals surface area (Å²) in [6, 6.07) is 37.5. The molecule has 0 N–H and O–H groups in total. The van der Waals surface area contributed by atoms with Crippen LogP contribution in [0.25, 0.3) is 21.9 Å². The van der Waals surface area contributed by atoms with Crippen molar-refractivity contribution in [1.29, 1.82) is 0 Å². The molecule has 0 heterocycles. The second kappa shape index (κ2) is 8.59. The number of rotatable bonds is 4. The summed E-state index contributed by atoms with van der Waals surface area (Å²) in [5.41, 5.74) is 3.11. The summed E-state index contributed by atoms with van der Waals surface area (Å²) in [5, 5.41) is 1.95. The molecule has 0 bridgehead atoms. The third-order valence-corrected chi connectivity index (χ3v) is 6.05. The SMILES string of the molecule is FC(F)(F)c1ccccc1-c1ccc2ccccc2c1C(c1ccccc1)c1ccccc1. The van der Waals surface area contributed by atoms with Crippen molar-refractivity contribution in [2.75, 3.05) is 0 Å². The van der Waals surface area contributed by atoms with Gasteiger partial charge in [0.25, 0.3) is 0 Å². The largest absolute Gasteiger partial charge is 0.417 e. The summed E-state index contributed by atoms with van der Waals surface area (Å²) in [7, 11) is 0. The lowest BCUT2D eigenvalue weighted by atomic mass is 9.78. The van der Waals surface area contributed by atoms with Crippen LogP contribution in [0.1, 0.15) is 28.2 Å². The molecule has 3 heteroatoms. The lowest BCUT2D eigenvalue weighted by Gasteiger charge is -2.25. The molecule has 0 spiro atoms. The molecule has 5 rings (SSSR count). The van der Waals surface area contributed by atoms with Crippen molar-refractivity contribution in [3.05, 3.63) is 144 Å². The van der Waals surface area contributed by atoms with E-state index in [1.807, 2.05) is 97.1 Å². The standard InChI is InChI=1S/C30H21F3/c31-30(32,33)27-18-10-9-17-25(27)26-20-19-21-11-7-8-16-24(21)29(26)28(22-12-3-1-4-13-22)23-14-5-2-6-15-23/h1-20,28H. The van der Waals surface area contributed by atoms with Gasteiger partial charge in [-0.2, -0.15) is 13.2 Å². The molecule has 0 aliphatic rings. The summed E-state index contributed by atoms with van der Waals surface area (Å²) >= 11 is 0. The minimum absolute atomic E-state index is 0.197. The minimum atomic E-state index is -4.45. The van der Waals surface area contributed by atoms with E-state index in [1.165, 1.54) is 6.07 Å². The number of alkyl halides is 3. The average Bonchev–Trinajstić information content (AvgIpc) is 2.85. The summed E-state index contributed by atoms with van der Waals surface area (Å²) in [4.78, 5) is 0. The zero-order chi connectivity index (χ0) is 22.8. The van der Waals surface area contributed by atoms with Crippen LogP contribution in [0, 0.1) is 0 Å². The van der Waals surface area contributed by atoms with Gasteiger partial charge in [0.1, 0.15) is 0 Å². The summed E-state index contributed by atoms with van der Waals surface area (Å²) < 4.78 is 42.1. The third kappa shape index (κ3) is 4.03. The first-order valence-electron chi connectivity index (χ1n) is 10.8. The fraction of sp³-hybridized carbons (Fsp3) is 0.0667. The van der Waals surface area contributed by atoms with Crippen molar-refractivity contribution in [3.63, 3.8) is 0 Å². The Balaban J connectivity index is 1.90. The predicted molar refractivity (Wildman–Crippen MR) is 128 cm³/mol. The smallest absolute Gasteiger partial charge is 0.166 e. The lowest BCUT2D eigenvalue weighted by Crippen LogP contribution is -2.10. The fourth-order valence-corrected chi connectivity index (χ4v) is 4.62. The van der Waals surface area contributed by atoms with Crippen LogP contribution in [0.4, 0.5) is 13.2 Å². The Labute approximate surface area is 191 Å². The van der Waals surface area contributed by atoms with E-state index in [4.69, 9.17) is 0 Å². The van der Waals surface area contributed by atoms with Crippen LogP contribution in [0.2, 0.25) is 0 Å². The Kier molecular flexibility index (Phi) is 5.47. The highest BCUT2D eigenvalue weighted by atomic mass is 19.4. The molecule has 0 aliphatic carbocycles. The van der Waals surface area contributed by atoms with Gasteiger partial charge in [-0.05, 0) is 44.7 Å². The topological polar surface area (TPSA) is 0 Å². The van der Waals surface area contributed by atoms with Crippen LogP contribution in [-0.2, 0) is 6.18 Å². The van der Waals surface area contributed by atoms with Crippen molar-refractivity contribution >= 4 is 10.8 Å². The molecule has 162 valence electrons. The molecule has 0 saturated carbocycles. The predicted octanol–water partition coefficient (Wildman–Crippen LogP) is 8.71. The molecule has 0 aromatic heterocycles. The van der Waals surface area contributed by atoms with Crippen LogP contribution in [0.15, 0.2) is 121 Å². The van der Waals surface area contributed by atoms with Crippen molar-refractivity contribution in [2.24, 2.45) is 0 Å². The normalized spacial score (nSPS) is 11.8. The highest BCUT2D eigenvalue weighted by Crippen LogP contribution is 2.45. The first-order valence-corrected chi connectivity index (χ1v) is 10.8. The quantitative estimate of drug-likeness (QED) is 0.246. The van der Waals surface area contributed by atoms with Crippen molar-refractivity contribution < 1.29 is 13.2 Å². The van der Waals surface area contributed by atoms with Crippen molar-refractivity contribution in [1.82, 2.24) is 0 Å². The van der Waals surface area contributed by atoms with Gasteiger partial charge in [0.2, 0.25) is 0 Å². The first kappa shape index (κ1) is 21.0. The summed E-state index contributed by atoms with van der Waals surface area (Å²) in [5.74, 6) is -0.227. The Hall–Kier alpha value is -3.85. The maximum atomic E-state index is 14.0. The molecular formula is C30H21F3. The molecule has 33 heavy (non-hydrogen) atoms. The molecule has 5 aromatic rings. The number of benzene rings is 5.